The molecule has 2 rings (SSSR count). The zero-order valence-electron chi connectivity index (χ0n) is 8.34. The molecule has 2 N–H and O–H groups in total. The van der Waals surface area contributed by atoms with Gasteiger partial charge >= 0.3 is 0 Å². The summed E-state index contributed by atoms with van der Waals surface area (Å²) in [6.45, 7) is 0.482. The molecule has 84 valence electrons. The Bertz CT molecular complexity index is 430. The Morgan fingerprint density at radius 2 is 2.12 bits per heavy atom. The molecule has 0 bridgehead atoms. The Morgan fingerprint density at radius 1 is 1.38 bits per heavy atom. The molecule has 1 atom stereocenters. The number of aromatic nitrogens is 2. The SMILES string of the molecule is NCC(Sc1nncs1)c1ccc(F)cc1. The van der Waals surface area contributed by atoms with Gasteiger partial charge in [0.25, 0.3) is 0 Å². The van der Waals surface area contributed by atoms with Crippen molar-refractivity contribution in [2.24, 2.45) is 5.73 Å². The lowest BCUT2D eigenvalue weighted by Crippen LogP contribution is -2.09. The molecule has 0 radical (unpaired) electrons. The molecule has 6 heteroatoms. The Hall–Kier alpha value is -0.980. The molecule has 1 aromatic heterocycles. The Balaban J connectivity index is 2.13. The highest BCUT2D eigenvalue weighted by atomic mass is 32.2. The average Bonchev–Trinajstić information content (AvgIpc) is 2.80. The van der Waals surface area contributed by atoms with Crippen molar-refractivity contribution in [3.05, 3.63) is 41.2 Å². The molecule has 2 aromatic rings. The zero-order valence-corrected chi connectivity index (χ0v) is 9.97. The first-order valence-electron chi connectivity index (χ1n) is 4.68. The van der Waals surface area contributed by atoms with Crippen LogP contribution in [0.1, 0.15) is 10.8 Å². The summed E-state index contributed by atoms with van der Waals surface area (Å²) in [6, 6.07) is 6.39. The maximum atomic E-state index is 12.8. The minimum absolute atomic E-state index is 0.0912. The molecule has 0 spiro atoms. The highest BCUT2D eigenvalue weighted by Crippen LogP contribution is 2.34. The van der Waals surface area contributed by atoms with Crippen LogP contribution in [0.2, 0.25) is 0 Å². The van der Waals surface area contributed by atoms with Crippen LogP contribution in [-0.4, -0.2) is 16.7 Å². The van der Waals surface area contributed by atoms with Crippen LogP contribution in [-0.2, 0) is 0 Å². The van der Waals surface area contributed by atoms with Crippen molar-refractivity contribution in [3.63, 3.8) is 0 Å². The number of halogens is 1. The van der Waals surface area contributed by atoms with Crippen molar-refractivity contribution in [1.82, 2.24) is 10.2 Å². The molecule has 0 amide bonds. The quantitative estimate of drug-likeness (QED) is 0.853. The van der Waals surface area contributed by atoms with Gasteiger partial charge in [-0.1, -0.05) is 35.2 Å². The molecular weight excluding hydrogens is 245 g/mol. The van der Waals surface area contributed by atoms with Gasteiger partial charge in [0, 0.05) is 11.8 Å². The van der Waals surface area contributed by atoms with E-state index in [1.165, 1.54) is 23.5 Å². The normalized spacial score (nSPS) is 12.6. The van der Waals surface area contributed by atoms with Gasteiger partial charge in [-0.25, -0.2) is 4.39 Å². The lowest BCUT2D eigenvalue weighted by atomic mass is 10.1. The average molecular weight is 255 g/mol. The fraction of sp³-hybridized carbons (Fsp3) is 0.200. The van der Waals surface area contributed by atoms with Crippen LogP contribution in [0.15, 0.2) is 34.1 Å². The van der Waals surface area contributed by atoms with E-state index in [2.05, 4.69) is 10.2 Å². The summed E-state index contributed by atoms with van der Waals surface area (Å²) in [7, 11) is 0. The maximum Gasteiger partial charge on any atom is 0.174 e. The minimum atomic E-state index is -0.236. The first-order chi connectivity index (χ1) is 7.79. The molecule has 0 fully saturated rings. The van der Waals surface area contributed by atoms with Crippen molar-refractivity contribution in [3.8, 4) is 0 Å². The summed E-state index contributed by atoms with van der Waals surface area (Å²) < 4.78 is 13.6. The number of hydrogen-bond donors (Lipinski definition) is 1. The molecule has 1 unspecified atom stereocenters. The third-order valence-corrected chi connectivity index (χ3v) is 4.13. The Morgan fingerprint density at radius 3 is 2.69 bits per heavy atom. The minimum Gasteiger partial charge on any atom is -0.329 e. The fourth-order valence-electron chi connectivity index (χ4n) is 1.27. The molecule has 3 nitrogen and oxygen atoms in total. The first-order valence-corrected chi connectivity index (χ1v) is 6.44. The van der Waals surface area contributed by atoms with E-state index in [1.54, 1.807) is 29.4 Å². The zero-order chi connectivity index (χ0) is 11.4. The second-order valence-corrected chi connectivity index (χ2v) is 5.38. The van der Waals surface area contributed by atoms with Gasteiger partial charge in [-0.05, 0) is 17.7 Å². The third-order valence-electron chi connectivity index (χ3n) is 2.04. The van der Waals surface area contributed by atoms with E-state index in [0.717, 1.165) is 9.90 Å². The molecule has 0 aliphatic rings. The summed E-state index contributed by atoms with van der Waals surface area (Å²) in [5, 5.41) is 7.80. The van der Waals surface area contributed by atoms with E-state index < -0.39 is 0 Å². The monoisotopic (exact) mass is 255 g/mol. The molecule has 16 heavy (non-hydrogen) atoms. The highest BCUT2D eigenvalue weighted by Gasteiger charge is 2.13. The van der Waals surface area contributed by atoms with E-state index in [4.69, 9.17) is 5.73 Å². The van der Waals surface area contributed by atoms with Gasteiger partial charge in [0.15, 0.2) is 4.34 Å². The van der Waals surface area contributed by atoms with Gasteiger partial charge in [-0.2, -0.15) is 0 Å². The third kappa shape index (κ3) is 2.78. The number of hydrogen-bond acceptors (Lipinski definition) is 5. The van der Waals surface area contributed by atoms with Crippen LogP contribution in [0.3, 0.4) is 0 Å². The number of nitrogens with zero attached hydrogens (tertiary/aromatic N) is 2. The second kappa shape index (κ2) is 5.38. The van der Waals surface area contributed by atoms with Crippen molar-refractivity contribution < 1.29 is 4.39 Å². The Labute approximate surface area is 101 Å². The Kier molecular flexibility index (Phi) is 3.87. The molecule has 0 saturated heterocycles. The number of nitrogens with two attached hydrogens (primary N) is 1. The molecule has 0 aliphatic heterocycles. The topological polar surface area (TPSA) is 51.8 Å². The standard InChI is InChI=1S/C10H10FN3S2/c11-8-3-1-7(2-4-8)9(5-12)16-10-14-13-6-15-10/h1-4,6,9H,5,12H2. The molecule has 0 aliphatic carbocycles. The van der Waals surface area contributed by atoms with E-state index in [9.17, 15) is 4.39 Å². The predicted octanol–water partition coefficient (Wildman–Crippen LogP) is 2.47. The van der Waals surface area contributed by atoms with Gasteiger partial charge in [-0.15, -0.1) is 10.2 Å². The number of thioether (sulfide) groups is 1. The van der Waals surface area contributed by atoms with Crippen molar-refractivity contribution in [2.75, 3.05) is 6.54 Å². The maximum absolute atomic E-state index is 12.8. The lowest BCUT2D eigenvalue weighted by molar-refractivity contribution is 0.627. The highest BCUT2D eigenvalue weighted by molar-refractivity contribution is 8.01. The molecule has 0 saturated carbocycles. The summed E-state index contributed by atoms with van der Waals surface area (Å²) in [4.78, 5) is 0. The van der Waals surface area contributed by atoms with Crippen molar-refractivity contribution in [2.45, 2.75) is 9.59 Å². The van der Waals surface area contributed by atoms with Crippen LogP contribution in [0.5, 0.6) is 0 Å². The van der Waals surface area contributed by atoms with Gasteiger partial charge in [0.05, 0.1) is 0 Å². The van der Waals surface area contributed by atoms with Gasteiger partial charge in [-0.3, -0.25) is 0 Å². The summed E-state index contributed by atoms with van der Waals surface area (Å²) >= 11 is 3.03. The summed E-state index contributed by atoms with van der Waals surface area (Å²) in [5.74, 6) is -0.236. The van der Waals surface area contributed by atoms with Crippen molar-refractivity contribution in [1.29, 1.82) is 0 Å². The smallest absolute Gasteiger partial charge is 0.174 e. The number of rotatable bonds is 4. The van der Waals surface area contributed by atoms with E-state index in [0.29, 0.717) is 6.54 Å². The first kappa shape index (κ1) is 11.5. The van der Waals surface area contributed by atoms with Crippen LogP contribution in [0, 0.1) is 5.82 Å². The van der Waals surface area contributed by atoms with E-state index in [1.807, 2.05) is 0 Å². The van der Waals surface area contributed by atoms with E-state index in [-0.39, 0.29) is 11.1 Å². The predicted molar refractivity (Wildman–Crippen MR) is 64.0 cm³/mol. The largest absolute Gasteiger partial charge is 0.329 e. The lowest BCUT2D eigenvalue weighted by Gasteiger charge is -2.12. The summed E-state index contributed by atoms with van der Waals surface area (Å²) in [5.41, 5.74) is 8.39. The van der Waals surface area contributed by atoms with E-state index >= 15 is 0 Å². The van der Waals surface area contributed by atoms with Gasteiger partial charge in [0.2, 0.25) is 0 Å². The van der Waals surface area contributed by atoms with Crippen LogP contribution in [0.4, 0.5) is 4.39 Å². The number of benzene rings is 1. The molecular formula is C10H10FN3S2. The fourth-order valence-corrected chi connectivity index (χ4v) is 2.97. The van der Waals surface area contributed by atoms with Gasteiger partial charge in [0.1, 0.15) is 11.3 Å². The van der Waals surface area contributed by atoms with Gasteiger partial charge < -0.3 is 5.73 Å². The van der Waals surface area contributed by atoms with Crippen LogP contribution in [0.25, 0.3) is 0 Å². The molecule has 1 aromatic carbocycles. The van der Waals surface area contributed by atoms with Crippen LogP contribution < -0.4 is 5.73 Å². The molecule has 1 heterocycles. The summed E-state index contributed by atoms with van der Waals surface area (Å²) in [6.07, 6.45) is 0. The van der Waals surface area contributed by atoms with Crippen molar-refractivity contribution >= 4 is 23.1 Å². The van der Waals surface area contributed by atoms with Crippen LogP contribution >= 0.6 is 23.1 Å². The second-order valence-electron chi connectivity index (χ2n) is 3.10.